The summed E-state index contributed by atoms with van der Waals surface area (Å²) in [5, 5.41) is 4.14. The molecule has 1 aliphatic carbocycles. The van der Waals surface area contributed by atoms with E-state index in [-0.39, 0.29) is 11.3 Å². The maximum absolute atomic E-state index is 12.9. The van der Waals surface area contributed by atoms with Crippen LogP contribution in [-0.4, -0.2) is 25.6 Å². The van der Waals surface area contributed by atoms with E-state index in [1.165, 1.54) is 5.56 Å². The fraction of sp³-hybridized carbons (Fsp3) is 0.400. The summed E-state index contributed by atoms with van der Waals surface area (Å²) < 4.78 is 7.48. The molecule has 3 aliphatic rings. The molecule has 136 valence electrons. The van der Waals surface area contributed by atoms with Gasteiger partial charge in [0.05, 0.1) is 23.6 Å². The van der Waals surface area contributed by atoms with E-state index in [9.17, 15) is 4.79 Å². The van der Waals surface area contributed by atoms with Gasteiger partial charge in [0.2, 0.25) is 17.6 Å². The first-order valence-electron chi connectivity index (χ1n) is 9.37. The van der Waals surface area contributed by atoms with Crippen LogP contribution in [0.5, 0.6) is 0 Å². The van der Waals surface area contributed by atoms with Gasteiger partial charge in [-0.3, -0.25) is 9.36 Å². The molecule has 0 saturated heterocycles. The van der Waals surface area contributed by atoms with E-state index in [1.54, 1.807) is 6.33 Å². The van der Waals surface area contributed by atoms with E-state index in [0.29, 0.717) is 36.3 Å². The molecule has 2 aromatic heterocycles. The summed E-state index contributed by atoms with van der Waals surface area (Å²) >= 11 is 0. The number of imidazole rings is 1. The molecule has 0 bridgehead atoms. The molecule has 2 aliphatic heterocycles. The second-order valence-corrected chi connectivity index (χ2v) is 8.35. The summed E-state index contributed by atoms with van der Waals surface area (Å²) in [4.78, 5) is 23.9. The summed E-state index contributed by atoms with van der Waals surface area (Å²) in [6.45, 7) is 4.73. The number of para-hydroxylation sites is 1. The van der Waals surface area contributed by atoms with Gasteiger partial charge in [0.25, 0.3) is 0 Å². The number of aromatic nitrogens is 4. The van der Waals surface area contributed by atoms with Gasteiger partial charge in [0.15, 0.2) is 0 Å². The zero-order valence-electron chi connectivity index (χ0n) is 15.3. The molecule has 4 heterocycles. The number of carbonyl (C=O) groups excluding carboxylic acids is 1. The lowest BCUT2D eigenvalue weighted by molar-refractivity contribution is -0.120. The zero-order chi connectivity index (χ0) is 18.3. The van der Waals surface area contributed by atoms with Crippen LogP contribution in [-0.2, 0) is 16.8 Å². The van der Waals surface area contributed by atoms with Crippen molar-refractivity contribution in [3.8, 4) is 17.2 Å². The summed E-state index contributed by atoms with van der Waals surface area (Å²) in [5.41, 5.74) is 4.64. The molecule has 0 radical (unpaired) electrons. The Bertz CT molecular complexity index is 1110. The van der Waals surface area contributed by atoms with Crippen molar-refractivity contribution in [2.75, 3.05) is 4.90 Å². The van der Waals surface area contributed by atoms with Crippen molar-refractivity contribution in [3.63, 3.8) is 0 Å². The fourth-order valence-corrected chi connectivity index (χ4v) is 4.31. The summed E-state index contributed by atoms with van der Waals surface area (Å²) in [6.07, 6.45) is 4.52. The van der Waals surface area contributed by atoms with Crippen LogP contribution in [0, 0.1) is 0 Å². The molecule has 3 aromatic rings. The Labute approximate surface area is 156 Å². The number of nitrogens with zero attached hydrogens (tertiary/aromatic N) is 5. The highest BCUT2D eigenvalue weighted by Crippen LogP contribution is 2.47. The van der Waals surface area contributed by atoms with Crippen molar-refractivity contribution < 1.29 is 9.32 Å². The van der Waals surface area contributed by atoms with E-state index >= 15 is 0 Å². The quantitative estimate of drug-likeness (QED) is 0.700. The zero-order valence-corrected chi connectivity index (χ0v) is 15.3. The highest BCUT2D eigenvalue weighted by Gasteiger charge is 2.41. The molecule has 0 unspecified atom stereocenters. The molecule has 1 amide bonds. The summed E-state index contributed by atoms with van der Waals surface area (Å²) in [6, 6.07) is 6.22. The van der Waals surface area contributed by atoms with E-state index in [4.69, 9.17) is 4.52 Å². The highest BCUT2D eigenvalue weighted by atomic mass is 16.5. The molecule has 0 atom stereocenters. The number of anilines is 1. The molecule has 7 nitrogen and oxygen atoms in total. The molecule has 1 saturated carbocycles. The minimum Gasteiger partial charge on any atom is -0.339 e. The Morgan fingerprint density at radius 2 is 2.11 bits per heavy atom. The number of benzene rings is 1. The normalized spacial score (nSPS) is 19.8. The lowest BCUT2D eigenvalue weighted by atomic mass is 9.76. The van der Waals surface area contributed by atoms with Crippen LogP contribution in [0.1, 0.15) is 56.2 Å². The van der Waals surface area contributed by atoms with E-state index in [0.717, 1.165) is 29.9 Å². The number of fused-ring (bicyclic) bond motifs is 2. The molecular weight excluding hydrogens is 342 g/mol. The number of hydrogen-bond donors (Lipinski definition) is 0. The van der Waals surface area contributed by atoms with Crippen LogP contribution in [0.4, 0.5) is 5.69 Å². The maximum atomic E-state index is 12.9. The van der Waals surface area contributed by atoms with Crippen LogP contribution in [0.2, 0.25) is 0 Å². The standard InChI is InChI=1S/C20H19N5O2/c1-20(2)8-15(26)24-9-14-16(18-22-19(27-23-18)11-6-7-11)21-10-25(14)13-5-3-4-12(20)17(13)24/h3-5,10-11H,6-9H2,1-2H3. The molecule has 0 N–H and O–H groups in total. The van der Waals surface area contributed by atoms with Crippen LogP contribution in [0.3, 0.4) is 0 Å². The third-order valence-corrected chi connectivity index (χ3v) is 5.92. The van der Waals surface area contributed by atoms with Crippen LogP contribution >= 0.6 is 0 Å². The molecule has 0 spiro atoms. The maximum Gasteiger partial charge on any atom is 0.230 e. The number of carbonyl (C=O) groups is 1. The molecular formula is C20H19N5O2. The monoisotopic (exact) mass is 361 g/mol. The Balaban J connectivity index is 1.54. The number of hydrogen-bond acceptors (Lipinski definition) is 5. The van der Waals surface area contributed by atoms with Crippen molar-refractivity contribution >= 4 is 11.6 Å². The third kappa shape index (κ3) is 2.02. The first-order chi connectivity index (χ1) is 13.0. The van der Waals surface area contributed by atoms with Gasteiger partial charge < -0.3 is 9.42 Å². The van der Waals surface area contributed by atoms with Gasteiger partial charge in [0.1, 0.15) is 12.0 Å². The molecule has 27 heavy (non-hydrogen) atoms. The van der Waals surface area contributed by atoms with Crippen molar-refractivity contribution in [2.45, 2.75) is 51.0 Å². The Hall–Kier alpha value is -2.96. The van der Waals surface area contributed by atoms with Gasteiger partial charge in [-0.1, -0.05) is 31.1 Å². The minimum absolute atomic E-state index is 0.144. The fourth-order valence-electron chi connectivity index (χ4n) is 4.31. The summed E-state index contributed by atoms with van der Waals surface area (Å²) in [7, 11) is 0. The van der Waals surface area contributed by atoms with Crippen LogP contribution in [0.15, 0.2) is 29.0 Å². The minimum atomic E-state index is -0.174. The second kappa shape index (κ2) is 4.85. The average molecular weight is 361 g/mol. The molecule has 1 aromatic carbocycles. The van der Waals surface area contributed by atoms with Gasteiger partial charge in [-0.2, -0.15) is 4.98 Å². The lowest BCUT2D eigenvalue weighted by Crippen LogP contribution is -2.44. The van der Waals surface area contributed by atoms with Crippen molar-refractivity contribution in [1.82, 2.24) is 19.7 Å². The van der Waals surface area contributed by atoms with Crippen LogP contribution < -0.4 is 4.90 Å². The first-order valence-corrected chi connectivity index (χ1v) is 9.37. The number of rotatable bonds is 2. The molecule has 1 fully saturated rings. The predicted octanol–water partition coefficient (Wildman–Crippen LogP) is 3.33. The topological polar surface area (TPSA) is 77.1 Å². The van der Waals surface area contributed by atoms with Gasteiger partial charge in [-0.25, -0.2) is 4.98 Å². The van der Waals surface area contributed by atoms with Crippen molar-refractivity contribution in [2.24, 2.45) is 0 Å². The Morgan fingerprint density at radius 1 is 1.26 bits per heavy atom. The third-order valence-electron chi connectivity index (χ3n) is 5.92. The molecule has 6 rings (SSSR count). The summed E-state index contributed by atoms with van der Waals surface area (Å²) in [5.74, 6) is 1.75. The lowest BCUT2D eigenvalue weighted by Gasteiger charge is -2.42. The van der Waals surface area contributed by atoms with E-state index in [1.807, 2.05) is 11.0 Å². The van der Waals surface area contributed by atoms with Gasteiger partial charge in [-0.15, -0.1) is 0 Å². The van der Waals surface area contributed by atoms with E-state index in [2.05, 4.69) is 45.7 Å². The second-order valence-electron chi connectivity index (χ2n) is 8.35. The van der Waals surface area contributed by atoms with Gasteiger partial charge in [0, 0.05) is 17.8 Å². The largest absolute Gasteiger partial charge is 0.339 e. The SMILES string of the molecule is CC1(C)CC(=O)N2Cc3c(-c4noc(C5CC5)n4)ncn3-c3cccc1c32. The smallest absolute Gasteiger partial charge is 0.230 e. The molecule has 7 heteroatoms. The average Bonchev–Trinajstić information content (AvgIpc) is 3.22. The number of amides is 1. The Kier molecular flexibility index (Phi) is 2.72. The van der Waals surface area contributed by atoms with Gasteiger partial charge in [-0.05, 0) is 24.5 Å². The van der Waals surface area contributed by atoms with Crippen molar-refractivity contribution in [1.29, 1.82) is 0 Å². The van der Waals surface area contributed by atoms with Crippen molar-refractivity contribution in [3.05, 3.63) is 41.7 Å². The first kappa shape index (κ1) is 15.1. The predicted molar refractivity (Wildman–Crippen MR) is 97.7 cm³/mol. The van der Waals surface area contributed by atoms with E-state index < -0.39 is 0 Å². The van der Waals surface area contributed by atoms with Gasteiger partial charge >= 0.3 is 0 Å². The van der Waals surface area contributed by atoms with Crippen LogP contribution in [0.25, 0.3) is 17.2 Å². The Morgan fingerprint density at radius 3 is 2.93 bits per heavy atom. The highest BCUT2D eigenvalue weighted by molar-refractivity contribution is 6.01.